The molecule has 0 aromatic heterocycles. The Hall–Kier alpha value is -1.65. The van der Waals surface area contributed by atoms with E-state index in [4.69, 9.17) is 5.11 Å². The minimum atomic E-state index is -1.03. The van der Waals surface area contributed by atoms with E-state index >= 15 is 0 Å². The molecule has 86 valence electrons. The summed E-state index contributed by atoms with van der Waals surface area (Å²) in [4.78, 5) is 30.1. The van der Waals surface area contributed by atoms with Crippen LogP contribution in [0.15, 0.2) is 12.8 Å². The first-order valence-corrected chi connectivity index (χ1v) is 4.45. The van der Waals surface area contributed by atoms with Gasteiger partial charge >= 0.3 is 11.9 Å². The SMILES string of the molecule is C=COC(C)=O.CCCC(=O)CC(=O)O. The first-order chi connectivity index (χ1) is 6.93. The molecule has 0 amide bonds. The zero-order valence-corrected chi connectivity index (χ0v) is 8.99. The van der Waals surface area contributed by atoms with Crippen LogP contribution in [0.4, 0.5) is 0 Å². The molecule has 0 heterocycles. The first kappa shape index (κ1) is 15.8. The van der Waals surface area contributed by atoms with Gasteiger partial charge in [0.05, 0.1) is 6.26 Å². The molecular formula is C10H16O5. The van der Waals surface area contributed by atoms with Gasteiger partial charge in [0, 0.05) is 13.3 Å². The van der Waals surface area contributed by atoms with Crippen LogP contribution in [0.3, 0.4) is 0 Å². The number of carbonyl (C=O) groups is 3. The van der Waals surface area contributed by atoms with E-state index < -0.39 is 5.97 Å². The molecule has 15 heavy (non-hydrogen) atoms. The summed E-state index contributed by atoms with van der Waals surface area (Å²) in [5.74, 6) is -1.55. The second-order valence-electron chi connectivity index (χ2n) is 2.64. The highest BCUT2D eigenvalue weighted by molar-refractivity contribution is 5.94. The number of Topliss-reactive ketones (excluding diaryl/α,β-unsaturated/α-hetero) is 1. The number of carbonyl (C=O) groups excluding carboxylic acids is 2. The molecule has 0 saturated heterocycles. The summed E-state index contributed by atoms with van der Waals surface area (Å²) in [6, 6.07) is 0. The number of ketones is 1. The van der Waals surface area contributed by atoms with Crippen LogP contribution in [0.5, 0.6) is 0 Å². The summed E-state index contributed by atoms with van der Waals surface area (Å²) >= 11 is 0. The molecule has 0 bridgehead atoms. The van der Waals surface area contributed by atoms with Gasteiger partial charge in [0.1, 0.15) is 12.2 Å². The number of hydrogen-bond acceptors (Lipinski definition) is 4. The number of rotatable bonds is 5. The van der Waals surface area contributed by atoms with Crippen molar-refractivity contribution in [1.82, 2.24) is 0 Å². The Morgan fingerprint density at radius 3 is 2.13 bits per heavy atom. The quantitative estimate of drug-likeness (QED) is 0.428. The Bertz CT molecular complexity index is 232. The van der Waals surface area contributed by atoms with Gasteiger partial charge < -0.3 is 9.84 Å². The molecule has 5 nitrogen and oxygen atoms in total. The smallest absolute Gasteiger partial charge is 0.310 e. The van der Waals surface area contributed by atoms with Crippen LogP contribution in [0.25, 0.3) is 0 Å². The molecule has 0 aliphatic heterocycles. The maximum atomic E-state index is 10.5. The van der Waals surface area contributed by atoms with Gasteiger partial charge in [-0.05, 0) is 6.42 Å². The molecule has 0 unspecified atom stereocenters. The Morgan fingerprint density at radius 1 is 1.40 bits per heavy atom. The lowest BCUT2D eigenvalue weighted by atomic mass is 10.2. The second-order valence-corrected chi connectivity index (χ2v) is 2.64. The van der Waals surface area contributed by atoms with Crippen LogP contribution in [0, 0.1) is 0 Å². The molecule has 1 N–H and O–H groups in total. The van der Waals surface area contributed by atoms with Gasteiger partial charge in [0.25, 0.3) is 0 Å². The predicted molar refractivity (Wildman–Crippen MR) is 54.1 cm³/mol. The van der Waals surface area contributed by atoms with Gasteiger partial charge in [-0.3, -0.25) is 14.4 Å². The average molecular weight is 216 g/mol. The fourth-order valence-corrected chi connectivity index (χ4v) is 0.653. The largest absolute Gasteiger partial charge is 0.481 e. The molecule has 0 spiro atoms. The number of esters is 1. The summed E-state index contributed by atoms with van der Waals surface area (Å²) in [6.45, 7) is 6.33. The molecule has 0 aromatic rings. The minimum absolute atomic E-state index is 0.190. The third-order valence-electron chi connectivity index (χ3n) is 1.13. The van der Waals surface area contributed by atoms with Crippen molar-refractivity contribution in [3.8, 4) is 0 Å². The topological polar surface area (TPSA) is 80.7 Å². The molecular weight excluding hydrogens is 200 g/mol. The highest BCUT2D eigenvalue weighted by atomic mass is 16.5. The molecule has 0 atom stereocenters. The normalized spacial score (nSPS) is 8.13. The van der Waals surface area contributed by atoms with Crippen LogP contribution in [-0.2, 0) is 19.1 Å². The average Bonchev–Trinajstić information content (AvgIpc) is 2.03. The minimum Gasteiger partial charge on any atom is -0.481 e. The van der Waals surface area contributed by atoms with E-state index in [1.165, 1.54) is 6.92 Å². The highest BCUT2D eigenvalue weighted by Gasteiger charge is 2.04. The molecule has 0 radical (unpaired) electrons. The lowest BCUT2D eigenvalue weighted by Crippen LogP contribution is -2.05. The zero-order chi connectivity index (χ0) is 12.3. The van der Waals surface area contributed by atoms with Crippen LogP contribution in [-0.4, -0.2) is 22.8 Å². The summed E-state index contributed by atoms with van der Waals surface area (Å²) in [5.41, 5.74) is 0. The van der Waals surface area contributed by atoms with Crippen molar-refractivity contribution in [1.29, 1.82) is 0 Å². The summed E-state index contributed by atoms with van der Waals surface area (Å²) in [5, 5.41) is 8.09. The van der Waals surface area contributed by atoms with E-state index in [-0.39, 0.29) is 18.2 Å². The van der Waals surface area contributed by atoms with Crippen LogP contribution in [0.1, 0.15) is 33.1 Å². The van der Waals surface area contributed by atoms with Crippen molar-refractivity contribution >= 4 is 17.7 Å². The van der Waals surface area contributed by atoms with Crippen molar-refractivity contribution in [3.05, 3.63) is 12.8 Å². The van der Waals surface area contributed by atoms with E-state index in [1.54, 1.807) is 0 Å². The van der Waals surface area contributed by atoms with E-state index in [9.17, 15) is 14.4 Å². The Balaban J connectivity index is 0. The molecule has 0 aliphatic carbocycles. The number of carboxylic acid groups (broad SMARTS) is 1. The van der Waals surface area contributed by atoms with Crippen LogP contribution in [0.2, 0.25) is 0 Å². The molecule has 5 heteroatoms. The predicted octanol–water partition coefficient (Wildman–Crippen LogP) is 1.52. The van der Waals surface area contributed by atoms with Gasteiger partial charge in [-0.2, -0.15) is 0 Å². The van der Waals surface area contributed by atoms with Gasteiger partial charge in [0.15, 0.2) is 0 Å². The van der Waals surface area contributed by atoms with Crippen LogP contribution < -0.4 is 0 Å². The molecule has 0 aliphatic rings. The number of carboxylic acids is 1. The zero-order valence-electron chi connectivity index (χ0n) is 8.99. The fraction of sp³-hybridized carbons (Fsp3) is 0.500. The van der Waals surface area contributed by atoms with E-state index in [1.807, 2.05) is 6.92 Å². The van der Waals surface area contributed by atoms with Crippen molar-refractivity contribution in [3.63, 3.8) is 0 Å². The Labute approximate surface area is 88.7 Å². The third-order valence-corrected chi connectivity index (χ3v) is 1.13. The number of hydrogen-bond donors (Lipinski definition) is 1. The fourth-order valence-electron chi connectivity index (χ4n) is 0.653. The maximum absolute atomic E-state index is 10.5. The van der Waals surface area contributed by atoms with Crippen molar-refractivity contribution in [2.45, 2.75) is 33.1 Å². The van der Waals surface area contributed by atoms with Gasteiger partial charge in [-0.25, -0.2) is 0 Å². The van der Waals surface area contributed by atoms with Crippen molar-refractivity contribution in [2.75, 3.05) is 0 Å². The van der Waals surface area contributed by atoms with E-state index in [2.05, 4.69) is 11.3 Å². The number of aliphatic carboxylic acids is 1. The molecule has 0 saturated carbocycles. The molecule has 0 rings (SSSR count). The lowest BCUT2D eigenvalue weighted by molar-refractivity contribution is -0.140. The first-order valence-electron chi connectivity index (χ1n) is 4.45. The summed E-state index contributed by atoms with van der Waals surface area (Å²) in [6.07, 6.45) is 1.88. The third kappa shape index (κ3) is 19.0. The van der Waals surface area contributed by atoms with E-state index in [0.29, 0.717) is 6.42 Å². The van der Waals surface area contributed by atoms with Gasteiger partial charge in [0.2, 0.25) is 0 Å². The van der Waals surface area contributed by atoms with Crippen molar-refractivity contribution < 1.29 is 24.2 Å². The van der Waals surface area contributed by atoms with E-state index in [0.717, 1.165) is 12.7 Å². The second kappa shape index (κ2) is 10.4. The summed E-state index contributed by atoms with van der Waals surface area (Å²) < 4.78 is 4.17. The summed E-state index contributed by atoms with van der Waals surface area (Å²) in [7, 11) is 0. The standard InChI is InChI=1S/C6H10O3.C4H6O2/c1-2-3-5(7)4-6(8)9;1-3-6-4(2)5/h2-4H2,1H3,(H,8,9);3H,1H2,2H3. The van der Waals surface area contributed by atoms with Crippen LogP contribution >= 0.6 is 0 Å². The Morgan fingerprint density at radius 2 is 1.93 bits per heavy atom. The van der Waals surface area contributed by atoms with Crippen molar-refractivity contribution in [2.24, 2.45) is 0 Å². The number of ether oxygens (including phenoxy) is 1. The van der Waals surface area contributed by atoms with Gasteiger partial charge in [-0.15, -0.1) is 0 Å². The van der Waals surface area contributed by atoms with Gasteiger partial charge in [-0.1, -0.05) is 13.5 Å². The lowest BCUT2D eigenvalue weighted by Gasteiger charge is -1.90. The highest BCUT2D eigenvalue weighted by Crippen LogP contribution is 1.92. The Kier molecular flexibility index (Phi) is 11.0. The molecule has 0 aromatic carbocycles. The molecule has 0 fully saturated rings. The maximum Gasteiger partial charge on any atom is 0.310 e. The monoisotopic (exact) mass is 216 g/mol.